The SMILES string of the molecule is COc1ccccc1C1CCN(C(=O)NCCc2ccc(CN3CCCC3)cc2)CC1. The number of para-hydroxylation sites is 1. The number of nitrogens with one attached hydrogen (secondary N) is 1. The molecule has 0 bridgehead atoms. The molecule has 0 radical (unpaired) electrons. The van der Waals surface area contributed by atoms with Crippen LogP contribution in [0.5, 0.6) is 5.75 Å². The van der Waals surface area contributed by atoms with Gasteiger partial charge in [-0.2, -0.15) is 0 Å². The van der Waals surface area contributed by atoms with Crippen LogP contribution < -0.4 is 10.1 Å². The molecule has 1 N–H and O–H groups in total. The van der Waals surface area contributed by atoms with Crippen molar-refractivity contribution in [3.05, 3.63) is 65.2 Å². The third-order valence-corrected chi connectivity index (χ3v) is 6.68. The zero-order valence-electron chi connectivity index (χ0n) is 18.7. The first-order chi connectivity index (χ1) is 15.2. The van der Waals surface area contributed by atoms with E-state index in [1.165, 1.54) is 42.6 Å². The molecule has 0 atom stereocenters. The van der Waals surface area contributed by atoms with Crippen molar-refractivity contribution in [2.75, 3.05) is 39.8 Å². The van der Waals surface area contributed by atoms with Gasteiger partial charge >= 0.3 is 6.03 Å². The molecule has 166 valence electrons. The predicted molar refractivity (Wildman–Crippen MR) is 125 cm³/mol. The summed E-state index contributed by atoms with van der Waals surface area (Å²) < 4.78 is 5.51. The minimum absolute atomic E-state index is 0.0594. The lowest BCUT2D eigenvalue weighted by atomic mass is 9.89. The van der Waals surface area contributed by atoms with E-state index in [-0.39, 0.29) is 6.03 Å². The Morgan fingerprint density at radius 3 is 2.35 bits per heavy atom. The maximum Gasteiger partial charge on any atom is 0.317 e. The van der Waals surface area contributed by atoms with Gasteiger partial charge in [-0.1, -0.05) is 42.5 Å². The Labute approximate surface area is 186 Å². The smallest absolute Gasteiger partial charge is 0.317 e. The van der Waals surface area contributed by atoms with Crippen molar-refractivity contribution in [1.29, 1.82) is 0 Å². The molecule has 0 aromatic heterocycles. The molecule has 2 amide bonds. The van der Waals surface area contributed by atoms with Gasteiger partial charge in [0.1, 0.15) is 5.75 Å². The second-order valence-corrected chi connectivity index (χ2v) is 8.78. The summed E-state index contributed by atoms with van der Waals surface area (Å²) >= 11 is 0. The van der Waals surface area contributed by atoms with Crippen LogP contribution in [-0.4, -0.2) is 55.7 Å². The van der Waals surface area contributed by atoms with Crippen molar-refractivity contribution in [2.45, 2.75) is 44.6 Å². The fraction of sp³-hybridized carbons (Fsp3) is 0.500. The number of rotatable bonds is 7. The highest BCUT2D eigenvalue weighted by atomic mass is 16.5. The Morgan fingerprint density at radius 1 is 0.968 bits per heavy atom. The van der Waals surface area contributed by atoms with Crippen molar-refractivity contribution < 1.29 is 9.53 Å². The van der Waals surface area contributed by atoms with E-state index in [4.69, 9.17) is 4.74 Å². The second kappa shape index (κ2) is 10.7. The van der Waals surface area contributed by atoms with Crippen LogP contribution in [0.25, 0.3) is 0 Å². The van der Waals surface area contributed by atoms with Crippen molar-refractivity contribution in [1.82, 2.24) is 15.1 Å². The number of carbonyl (C=O) groups is 1. The number of methoxy groups -OCH3 is 1. The van der Waals surface area contributed by atoms with Crippen LogP contribution in [0.3, 0.4) is 0 Å². The van der Waals surface area contributed by atoms with Gasteiger partial charge in [-0.25, -0.2) is 4.79 Å². The Morgan fingerprint density at radius 2 is 1.65 bits per heavy atom. The van der Waals surface area contributed by atoms with Gasteiger partial charge in [0.25, 0.3) is 0 Å². The molecular weight excluding hydrogens is 386 g/mol. The highest BCUT2D eigenvalue weighted by Crippen LogP contribution is 2.33. The summed E-state index contributed by atoms with van der Waals surface area (Å²) in [5.74, 6) is 1.41. The van der Waals surface area contributed by atoms with E-state index >= 15 is 0 Å². The number of likely N-dealkylation sites (tertiary alicyclic amines) is 2. The summed E-state index contributed by atoms with van der Waals surface area (Å²) in [5.41, 5.74) is 3.92. The van der Waals surface area contributed by atoms with Crippen molar-refractivity contribution in [3.63, 3.8) is 0 Å². The first kappa shape index (κ1) is 21.7. The molecule has 0 aliphatic carbocycles. The van der Waals surface area contributed by atoms with Crippen LogP contribution in [-0.2, 0) is 13.0 Å². The van der Waals surface area contributed by atoms with Gasteiger partial charge in [-0.15, -0.1) is 0 Å². The minimum atomic E-state index is 0.0594. The van der Waals surface area contributed by atoms with E-state index in [0.717, 1.165) is 44.6 Å². The number of urea groups is 1. The van der Waals surface area contributed by atoms with Crippen LogP contribution in [0.15, 0.2) is 48.5 Å². The number of amides is 2. The van der Waals surface area contributed by atoms with Gasteiger partial charge in [0.15, 0.2) is 0 Å². The lowest BCUT2D eigenvalue weighted by Gasteiger charge is -2.32. The van der Waals surface area contributed by atoms with E-state index in [2.05, 4.69) is 46.6 Å². The number of benzene rings is 2. The van der Waals surface area contributed by atoms with E-state index in [9.17, 15) is 4.79 Å². The predicted octanol–water partition coefficient (Wildman–Crippen LogP) is 4.42. The molecule has 5 nitrogen and oxygen atoms in total. The lowest BCUT2D eigenvalue weighted by molar-refractivity contribution is 0.181. The normalized spacial score (nSPS) is 17.6. The number of hydrogen-bond donors (Lipinski definition) is 1. The van der Waals surface area contributed by atoms with Gasteiger partial charge < -0.3 is 15.0 Å². The van der Waals surface area contributed by atoms with Gasteiger partial charge in [-0.3, -0.25) is 4.90 Å². The zero-order chi connectivity index (χ0) is 21.5. The summed E-state index contributed by atoms with van der Waals surface area (Å²) in [6.45, 7) is 5.77. The van der Waals surface area contributed by atoms with Crippen LogP contribution >= 0.6 is 0 Å². The molecular formula is C26H35N3O2. The fourth-order valence-electron chi connectivity index (χ4n) is 4.83. The van der Waals surface area contributed by atoms with Crippen molar-refractivity contribution in [2.24, 2.45) is 0 Å². The molecule has 2 aromatic rings. The van der Waals surface area contributed by atoms with Gasteiger partial charge in [0, 0.05) is 26.2 Å². The number of nitrogens with zero attached hydrogens (tertiary/aromatic N) is 2. The lowest BCUT2D eigenvalue weighted by Crippen LogP contribution is -2.44. The molecule has 5 heteroatoms. The van der Waals surface area contributed by atoms with E-state index in [0.29, 0.717) is 12.5 Å². The summed E-state index contributed by atoms with van der Waals surface area (Å²) in [6.07, 6.45) is 5.48. The minimum Gasteiger partial charge on any atom is -0.496 e. The quantitative estimate of drug-likeness (QED) is 0.720. The molecule has 2 fully saturated rings. The van der Waals surface area contributed by atoms with Crippen molar-refractivity contribution in [3.8, 4) is 5.75 Å². The van der Waals surface area contributed by atoms with Crippen LogP contribution in [0, 0.1) is 0 Å². The molecule has 31 heavy (non-hydrogen) atoms. The number of piperidine rings is 1. The molecule has 2 aliphatic rings. The maximum absolute atomic E-state index is 12.6. The van der Waals surface area contributed by atoms with E-state index < -0.39 is 0 Å². The largest absolute Gasteiger partial charge is 0.496 e. The zero-order valence-corrected chi connectivity index (χ0v) is 18.7. The Hall–Kier alpha value is -2.53. The number of ether oxygens (including phenoxy) is 1. The average Bonchev–Trinajstić information content (AvgIpc) is 3.33. The molecule has 0 unspecified atom stereocenters. The van der Waals surface area contributed by atoms with Crippen molar-refractivity contribution >= 4 is 6.03 Å². The molecule has 2 aliphatic heterocycles. The monoisotopic (exact) mass is 421 g/mol. The highest BCUT2D eigenvalue weighted by Gasteiger charge is 2.25. The van der Waals surface area contributed by atoms with Gasteiger partial charge in [0.05, 0.1) is 7.11 Å². The first-order valence-corrected chi connectivity index (χ1v) is 11.7. The molecule has 0 spiro atoms. The molecule has 2 aromatic carbocycles. The Bertz CT molecular complexity index is 838. The van der Waals surface area contributed by atoms with Gasteiger partial charge in [0.2, 0.25) is 0 Å². The molecule has 2 saturated heterocycles. The van der Waals surface area contributed by atoms with E-state index in [1.54, 1.807) is 7.11 Å². The van der Waals surface area contributed by atoms with E-state index in [1.807, 2.05) is 17.0 Å². The first-order valence-electron chi connectivity index (χ1n) is 11.7. The maximum atomic E-state index is 12.6. The van der Waals surface area contributed by atoms with Crippen LogP contribution in [0.4, 0.5) is 4.79 Å². The summed E-state index contributed by atoms with van der Waals surface area (Å²) in [4.78, 5) is 17.1. The molecule has 2 heterocycles. The van der Waals surface area contributed by atoms with Gasteiger partial charge in [-0.05, 0) is 73.9 Å². The average molecular weight is 422 g/mol. The third kappa shape index (κ3) is 5.79. The summed E-state index contributed by atoms with van der Waals surface area (Å²) in [5, 5.41) is 3.11. The molecule has 0 saturated carbocycles. The summed E-state index contributed by atoms with van der Waals surface area (Å²) in [6, 6.07) is 17.2. The number of carbonyl (C=O) groups excluding carboxylic acids is 1. The third-order valence-electron chi connectivity index (χ3n) is 6.68. The standard InChI is InChI=1S/C26H35N3O2/c1-31-25-7-3-2-6-24(25)23-13-18-29(19-14-23)26(30)27-15-12-21-8-10-22(11-9-21)20-28-16-4-5-17-28/h2-3,6-11,23H,4-5,12-20H2,1H3,(H,27,30). The topological polar surface area (TPSA) is 44.8 Å². The van der Waals surface area contributed by atoms with Crippen LogP contribution in [0.1, 0.15) is 48.3 Å². The van der Waals surface area contributed by atoms with Crippen LogP contribution in [0.2, 0.25) is 0 Å². The number of hydrogen-bond acceptors (Lipinski definition) is 3. The molecule has 4 rings (SSSR count). The Kier molecular flexibility index (Phi) is 7.47. The summed E-state index contributed by atoms with van der Waals surface area (Å²) in [7, 11) is 1.72. The highest BCUT2D eigenvalue weighted by molar-refractivity contribution is 5.74. The Balaban J connectivity index is 1.18. The second-order valence-electron chi connectivity index (χ2n) is 8.78. The fourth-order valence-corrected chi connectivity index (χ4v) is 4.83.